The van der Waals surface area contributed by atoms with Crippen LogP contribution in [0.1, 0.15) is 31.1 Å². The molecule has 1 unspecified atom stereocenters. The predicted octanol–water partition coefficient (Wildman–Crippen LogP) is 3.39. The number of para-hydroxylation sites is 1. The lowest BCUT2D eigenvalue weighted by Crippen LogP contribution is -2.19. The van der Waals surface area contributed by atoms with Crippen LogP contribution < -0.4 is 10.1 Å². The van der Waals surface area contributed by atoms with Gasteiger partial charge in [0.25, 0.3) is 0 Å². The fourth-order valence-electron chi connectivity index (χ4n) is 1.82. The molecule has 0 spiro atoms. The van der Waals surface area contributed by atoms with E-state index < -0.39 is 0 Å². The zero-order chi connectivity index (χ0) is 12.8. The van der Waals surface area contributed by atoms with Crippen molar-refractivity contribution in [1.29, 1.82) is 0 Å². The summed E-state index contributed by atoms with van der Waals surface area (Å²) in [6.07, 6.45) is 0. The van der Waals surface area contributed by atoms with Gasteiger partial charge in [0.2, 0.25) is 0 Å². The van der Waals surface area contributed by atoms with E-state index in [0.717, 1.165) is 18.0 Å². The molecule has 0 aliphatic rings. The summed E-state index contributed by atoms with van der Waals surface area (Å²) in [6.45, 7) is 5.62. The van der Waals surface area contributed by atoms with E-state index >= 15 is 0 Å². The Kier molecular flexibility index (Phi) is 4.73. The molecule has 0 radical (unpaired) electrons. The molecule has 0 saturated carbocycles. The van der Waals surface area contributed by atoms with Crippen LogP contribution in [0.4, 0.5) is 0 Å². The van der Waals surface area contributed by atoms with Gasteiger partial charge < -0.3 is 10.1 Å². The first-order valence-corrected chi connectivity index (χ1v) is 7.07. The zero-order valence-corrected chi connectivity index (χ0v) is 11.5. The molecule has 0 amide bonds. The maximum atomic E-state index is 5.64. The standard InChI is InChI=1S/C14H18N2OS/c1-3-17-14-7-5-4-6-13(14)11(2)15-8-12-9-18-10-16-12/h4-7,9-11,15H,3,8H2,1-2H3. The second kappa shape index (κ2) is 6.52. The lowest BCUT2D eigenvalue weighted by atomic mass is 10.1. The van der Waals surface area contributed by atoms with Crippen LogP contribution in [0.5, 0.6) is 5.75 Å². The molecule has 1 N–H and O–H groups in total. The van der Waals surface area contributed by atoms with Crippen molar-refractivity contribution in [2.75, 3.05) is 6.61 Å². The summed E-state index contributed by atoms with van der Waals surface area (Å²) in [5.41, 5.74) is 4.13. The highest BCUT2D eigenvalue weighted by Crippen LogP contribution is 2.24. The quantitative estimate of drug-likeness (QED) is 0.866. The highest BCUT2D eigenvalue weighted by Gasteiger charge is 2.10. The number of aromatic nitrogens is 1. The molecule has 0 aliphatic carbocycles. The minimum atomic E-state index is 0.245. The van der Waals surface area contributed by atoms with Crippen molar-refractivity contribution in [2.45, 2.75) is 26.4 Å². The smallest absolute Gasteiger partial charge is 0.124 e. The summed E-state index contributed by atoms with van der Waals surface area (Å²) < 4.78 is 5.64. The van der Waals surface area contributed by atoms with Gasteiger partial charge in [0.15, 0.2) is 0 Å². The second-order valence-electron chi connectivity index (χ2n) is 4.05. The Morgan fingerprint density at radius 2 is 2.22 bits per heavy atom. The number of rotatable bonds is 6. The van der Waals surface area contributed by atoms with Crippen LogP contribution in [0.3, 0.4) is 0 Å². The van der Waals surface area contributed by atoms with Crippen LogP contribution in [-0.4, -0.2) is 11.6 Å². The Hall–Kier alpha value is -1.39. The van der Waals surface area contributed by atoms with Gasteiger partial charge in [0.05, 0.1) is 17.8 Å². The first-order chi connectivity index (χ1) is 8.81. The van der Waals surface area contributed by atoms with E-state index in [4.69, 9.17) is 4.74 Å². The van der Waals surface area contributed by atoms with Gasteiger partial charge in [0, 0.05) is 23.5 Å². The molecule has 18 heavy (non-hydrogen) atoms. The van der Waals surface area contributed by atoms with Crippen LogP contribution in [0, 0.1) is 0 Å². The van der Waals surface area contributed by atoms with E-state index in [9.17, 15) is 0 Å². The summed E-state index contributed by atoms with van der Waals surface area (Å²) in [4.78, 5) is 4.27. The molecular weight excluding hydrogens is 244 g/mol. The number of hydrogen-bond donors (Lipinski definition) is 1. The van der Waals surface area contributed by atoms with Gasteiger partial charge in [-0.3, -0.25) is 0 Å². The van der Waals surface area contributed by atoms with Gasteiger partial charge in [-0.15, -0.1) is 11.3 Å². The van der Waals surface area contributed by atoms with E-state index in [1.807, 2.05) is 30.6 Å². The maximum Gasteiger partial charge on any atom is 0.124 e. The number of thiazole rings is 1. The lowest BCUT2D eigenvalue weighted by Gasteiger charge is -2.17. The van der Waals surface area contributed by atoms with E-state index in [1.165, 1.54) is 5.56 Å². The van der Waals surface area contributed by atoms with E-state index in [0.29, 0.717) is 6.61 Å². The fraction of sp³-hybridized carbons (Fsp3) is 0.357. The summed E-state index contributed by atoms with van der Waals surface area (Å²) in [5.74, 6) is 0.957. The molecule has 1 aromatic carbocycles. The van der Waals surface area contributed by atoms with Crippen molar-refractivity contribution in [3.8, 4) is 5.75 Å². The third-order valence-electron chi connectivity index (χ3n) is 2.76. The Balaban J connectivity index is 2.01. The minimum Gasteiger partial charge on any atom is -0.494 e. The molecule has 0 saturated heterocycles. The van der Waals surface area contributed by atoms with E-state index in [2.05, 4.69) is 28.7 Å². The normalized spacial score (nSPS) is 12.3. The van der Waals surface area contributed by atoms with Gasteiger partial charge in [0.1, 0.15) is 5.75 Å². The number of nitrogens with zero attached hydrogens (tertiary/aromatic N) is 1. The summed E-state index contributed by atoms with van der Waals surface area (Å²) >= 11 is 1.62. The molecule has 96 valence electrons. The molecule has 0 bridgehead atoms. The molecule has 2 aromatic rings. The first-order valence-electron chi connectivity index (χ1n) is 6.13. The third kappa shape index (κ3) is 3.31. The van der Waals surface area contributed by atoms with Crippen LogP contribution in [0.2, 0.25) is 0 Å². The van der Waals surface area contributed by atoms with Crippen molar-refractivity contribution < 1.29 is 4.74 Å². The van der Waals surface area contributed by atoms with Gasteiger partial charge in [-0.25, -0.2) is 4.98 Å². The molecule has 3 nitrogen and oxygen atoms in total. The SMILES string of the molecule is CCOc1ccccc1C(C)NCc1cscn1. The highest BCUT2D eigenvalue weighted by atomic mass is 32.1. The minimum absolute atomic E-state index is 0.245. The maximum absolute atomic E-state index is 5.64. The Morgan fingerprint density at radius 3 is 2.94 bits per heavy atom. The summed E-state index contributed by atoms with van der Waals surface area (Å²) in [7, 11) is 0. The highest BCUT2D eigenvalue weighted by molar-refractivity contribution is 7.07. The van der Waals surface area contributed by atoms with Crippen molar-refractivity contribution in [3.05, 3.63) is 46.4 Å². The zero-order valence-electron chi connectivity index (χ0n) is 10.7. The van der Waals surface area contributed by atoms with E-state index in [1.54, 1.807) is 11.3 Å². The van der Waals surface area contributed by atoms with Crippen molar-refractivity contribution in [3.63, 3.8) is 0 Å². The van der Waals surface area contributed by atoms with Gasteiger partial charge in [-0.05, 0) is 19.9 Å². The molecule has 0 fully saturated rings. The number of benzene rings is 1. The van der Waals surface area contributed by atoms with Crippen LogP contribution >= 0.6 is 11.3 Å². The summed E-state index contributed by atoms with van der Waals surface area (Å²) in [5, 5.41) is 5.53. The average Bonchev–Trinajstić information content (AvgIpc) is 2.90. The molecular formula is C14H18N2OS. The first kappa shape index (κ1) is 13.1. The van der Waals surface area contributed by atoms with Crippen LogP contribution in [0.15, 0.2) is 35.2 Å². The van der Waals surface area contributed by atoms with Crippen molar-refractivity contribution in [2.24, 2.45) is 0 Å². The van der Waals surface area contributed by atoms with Gasteiger partial charge in [-0.2, -0.15) is 0 Å². The predicted molar refractivity (Wildman–Crippen MR) is 75.0 cm³/mol. The molecule has 0 aliphatic heterocycles. The van der Waals surface area contributed by atoms with Crippen molar-refractivity contribution in [1.82, 2.24) is 10.3 Å². The van der Waals surface area contributed by atoms with Crippen LogP contribution in [-0.2, 0) is 6.54 Å². The number of nitrogens with one attached hydrogen (secondary N) is 1. The molecule has 4 heteroatoms. The number of hydrogen-bond acceptors (Lipinski definition) is 4. The molecule has 1 aromatic heterocycles. The molecule has 2 rings (SSSR count). The largest absolute Gasteiger partial charge is 0.494 e. The van der Waals surface area contributed by atoms with Gasteiger partial charge in [-0.1, -0.05) is 18.2 Å². The third-order valence-corrected chi connectivity index (χ3v) is 3.39. The Morgan fingerprint density at radius 1 is 1.39 bits per heavy atom. The monoisotopic (exact) mass is 262 g/mol. The van der Waals surface area contributed by atoms with Crippen LogP contribution in [0.25, 0.3) is 0 Å². The second-order valence-corrected chi connectivity index (χ2v) is 4.77. The molecule has 1 heterocycles. The van der Waals surface area contributed by atoms with Crippen molar-refractivity contribution >= 4 is 11.3 Å². The summed E-state index contributed by atoms with van der Waals surface area (Å²) in [6, 6.07) is 8.40. The number of ether oxygens (including phenoxy) is 1. The Bertz CT molecular complexity index is 470. The van der Waals surface area contributed by atoms with Gasteiger partial charge >= 0.3 is 0 Å². The molecule has 1 atom stereocenters. The fourth-order valence-corrected chi connectivity index (χ4v) is 2.38. The van der Waals surface area contributed by atoms with E-state index in [-0.39, 0.29) is 6.04 Å². The topological polar surface area (TPSA) is 34.1 Å². The lowest BCUT2D eigenvalue weighted by molar-refractivity contribution is 0.332. The average molecular weight is 262 g/mol. The Labute approximate surface area is 112 Å².